The Bertz CT molecular complexity index is 700. The number of benzene rings is 1. The second-order valence-corrected chi connectivity index (χ2v) is 8.69. The van der Waals surface area contributed by atoms with E-state index in [4.69, 9.17) is 0 Å². The molecule has 1 aliphatic rings. The van der Waals surface area contributed by atoms with Gasteiger partial charge in [-0.05, 0) is 50.5 Å². The maximum absolute atomic E-state index is 12.4. The Balaban J connectivity index is 2.10. The fraction of sp³-hybridized carbons (Fsp3) is 0.611. The Morgan fingerprint density at radius 1 is 1.38 bits per heavy atom. The highest BCUT2D eigenvalue weighted by Gasteiger charge is 2.32. The maximum atomic E-state index is 12.4. The molecule has 1 aromatic rings. The first kappa shape index (κ1) is 18.8. The number of nitrogens with one attached hydrogen (secondary N) is 1. The van der Waals surface area contributed by atoms with Crippen molar-refractivity contribution in [2.75, 3.05) is 10.6 Å². The van der Waals surface area contributed by atoms with Crippen LogP contribution in [0.1, 0.15) is 62.4 Å². The van der Waals surface area contributed by atoms with Gasteiger partial charge in [-0.25, -0.2) is 8.42 Å². The Morgan fingerprint density at radius 2 is 2.08 bits per heavy atom. The van der Waals surface area contributed by atoms with Gasteiger partial charge >= 0.3 is 0 Å². The number of anilines is 1. The molecule has 2 unspecified atom stereocenters. The number of hydrogen-bond donors (Lipinski definition) is 1. The lowest BCUT2D eigenvalue weighted by molar-refractivity contribution is 0.0938. The Hall–Kier alpha value is -1.56. The van der Waals surface area contributed by atoms with Crippen LogP contribution in [-0.2, 0) is 16.4 Å². The fourth-order valence-electron chi connectivity index (χ4n) is 3.33. The third-order valence-corrected chi connectivity index (χ3v) is 5.74. The first-order valence-electron chi connectivity index (χ1n) is 8.67. The van der Waals surface area contributed by atoms with Crippen LogP contribution in [0.15, 0.2) is 18.2 Å². The van der Waals surface area contributed by atoms with Gasteiger partial charge in [0.25, 0.3) is 5.91 Å². The number of carbonyl (C=O) groups excluding carboxylic acids is 1. The lowest BCUT2D eigenvalue weighted by Gasteiger charge is -2.22. The molecule has 5 nitrogen and oxygen atoms in total. The normalized spacial score (nSPS) is 18.3. The van der Waals surface area contributed by atoms with Crippen molar-refractivity contribution in [2.24, 2.45) is 0 Å². The Morgan fingerprint density at radius 3 is 2.71 bits per heavy atom. The van der Waals surface area contributed by atoms with Crippen LogP contribution in [0, 0.1) is 0 Å². The van der Waals surface area contributed by atoms with Crippen molar-refractivity contribution < 1.29 is 13.2 Å². The molecule has 0 bridgehead atoms. The fourth-order valence-corrected chi connectivity index (χ4v) is 4.59. The number of fused-ring (bicyclic) bond motifs is 1. The van der Waals surface area contributed by atoms with E-state index in [2.05, 4.69) is 12.2 Å². The van der Waals surface area contributed by atoms with Crippen LogP contribution in [0.2, 0.25) is 0 Å². The number of unbranched alkanes of at least 4 members (excludes halogenated alkanes) is 2. The molecule has 0 saturated carbocycles. The maximum Gasteiger partial charge on any atom is 0.251 e. The van der Waals surface area contributed by atoms with Gasteiger partial charge in [0.05, 0.1) is 11.9 Å². The zero-order chi connectivity index (χ0) is 17.9. The van der Waals surface area contributed by atoms with E-state index >= 15 is 0 Å². The summed E-state index contributed by atoms with van der Waals surface area (Å²) in [6.45, 7) is 6.07. The van der Waals surface area contributed by atoms with Crippen molar-refractivity contribution in [3.8, 4) is 0 Å². The van der Waals surface area contributed by atoms with Crippen LogP contribution in [0.5, 0.6) is 0 Å². The summed E-state index contributed by atoms with van der Waals surface area (Å²) in [6.07, 6.45) is 6.29. The molecule has 1 N–H and O–H groups in total. The molecule has 0 fully saturated rings. The minimum absolute atomic E-state index is 0.0905. The first-order valence-corrected chi connectivity index (χ1v) is 10.5. The molecule has 24 heavy (non-hydrogen) atoms. The van der Waals surface area contributed by atoms with E-state index in [1.165, 1.54) is 23.4 Å². The summed E-state index contributed by atoms with van der Waals surface area (Å²) in [6, 6.07) is 5.31. The molecule has 0 saturated heterocycles. The lowest BCUT2D eigenvalue weighted by atomic mass is 10.1. The predicted molar refractivity (Wildman–Crippen MR) is 98.0 cm³/mol. The van der Waals surface area contributed by atoms with Gasteiger partial charge in [-0.15, -0.1) is 0 Å². The van der Waals surface area contributed by atoms with Gasteiger partial charge in [-0.2, -0.15) is 0 Å². The number of carbonyl (C=O) groups is 1. The van der Waals surface area contributed by atoms with Crippen molar-refractivity contribution in [3.63, 3.8) is 0 Å². The summed E-state index contributed by atoms with van der Waals surface area (Å²) < 4.78 is 25.3. The van der Waals surface area contributed by atoms with Crippen LogP contribution in [-0.4, -0.2) is 32.7 Å². The van der Waals surface area contributed by atoms with E-state index in [9.17, 15) is 13.2 Å². The van der Waals surface area contributed by atoms with Gasteiger partial charge in [0.1, 0.15) is 0 Å². The number of nitrogens with zero attached hydrogens (tertiary/aromatic N) is 1. The van der Waals surface area contributed by atoms with E-state index in [0.29, 0.717) is 17.7 Å². The molecule has 6 heteroatoms. The van der Waals surface area contributed by atoms with Gasteiger partial charge in [-0.1, -0.05) is 26.2 Å². The average molecular weight is 353 g/mol. The number of hydrogen-bond acceptors (Lipinski definition) is 3. The third kappa shape index (κ3) is 4.29. The lowest BCUT2D eigenvalue weighted by Crippen LogP contribution is -2.34. The monoisotopic (exact) mass is 352 g/mol. The number of rotatable bonds is 7. The highest BCUT2D eigenvalue weighted by molar-refractivity contribution is 7.92. The van der Waals surface area contributed by atoms with Gasteiger partial charge in [0.15, 0.2) is 0 Å². The van der Waals surface area contributed by atoms with Crippen LogP contribution >= 0.6 is 0 Å². The van der Waals surface area contributed by atoms with Crippen molar-refractivity contribution in [3.05, 3.63) is 29.3 Å². The van der Waals surface area contributed by atoms with E-state index in [-0.39, 0.29) is 18.0 Å². The average Bonchev–Trinajstić information content (AvgIpc) is 2.82. The number of amides is 1. The first-order chi connectivity index (χ1) is 11.2. The molecular formula is C18H28N2O3S. The molecule has 134 valence electrons. The van der Waals surface area contributed by atoms with Crippen molar-refractivity contribution in [1.82, 2.24) is 5.32 Å². The highest BCUT2D eigenvalue weighted by Crippen LogP contribution is 2.34. The summed E-state index contributed by atoms with van der Waals surface area (Å²) >= 11 is 0. The molecule has 1 amide bonds. The summed E-state index contributed by atoms with van der Waals surface area (Å²) in [5, 5.41) is 3.03. The van der Waals surface area contributed by atoms with Crippen LogP contribution < -0.4 is 9.62 Å². The smallest absolute Gasteiger partial charge is 0.251 e. The zero-order valence-corrected chi connectivity index (χ0v) is 15.8. The second kappa shape index (κ2) is 7.55. The topological polar surface area (TPSA) is 66.5 Å². The zero-order valence-electron chi connectivity index (χ0n) is 15.0. The van der Waals surface area contributed by atoms with Gasteiger partial charge in [-0.3, -0.25) is 9.10 Å². The SMILES string of the molecule is CCCCCC(C)NC(=O)c1ccc2c(c1)CC(C)N2S(C)(=O)=O. The summed E-state index contributed by atoms with van der Waals surface area (Å²) in [4.78, 5) is 12.4. The molecule has 1 heterocycles. The predicted octanol–water partition coefficient (Wildman–Crippen LogP) is 3.10. The molecule has 0 spiro atoms. The van der Waals surface area contributed by atoms with Gasteiger partial charge < -0.3 is 5.32 Å². The van der Waals surface area contributed by atoms with E-state index in [0.717, 1.165) is 18.4 Å². The van der Waals surface area contributed by atoms with E-state index in [1.54, 1.807) is 12.1 Å². The standard InChI is InChI=1S/C18H28N2O3S/c1-5-6-7-8-13(2)19-18(21)15-9-10-17-16(12-15)11-14(3)20(17)24(4,22)23/h9-10,12-14H,5-8,11H2,1-4H3,(H,19,21). The summed E-state index contributed by atoms with van der Waals surface area (Å²) in [5.74, 6) is -0.0905. The molecule has 0 aromatic heterocycles. The number of sulfonamides is 1. The molecular weight excluding hydrogens is 324 g/mol. The molecule has 0 aliphatic carbocycles. The second-order valence-electron chi connectivity index (χ2n) is 6.83. The third-order valence-electron chi connectivity index (χ3n) is 4.47. The van der Waals surface area contributed by atoms with E-state index < -0.39 is 10.0 Å². The van der Waals surface area contributed by atoms with Crippen LogP contribution in [0.4, 0.5) is 5.69 Å². The van der Waals surface area contributed by atoms with Gasteiger partial charge in [0.2, 0.25) is 10.0 Å². The van der Waals surface area contributed by atoms with E-state index in [1.807, 2.05) is 19.9 Å². The molecule has 0 radical (unpaired) electrons. The van der Waals surface area contributed by atoms with Gasteiger partial charge in [0, 0.05) is 17.6 Å². The minimum atomic E-state index is -3.30. The highest BCUT2D eigenvalue weighted by atomic mass is 32.2. The quantitative estimate of drug-likeness (QED) is 0.767. The summed E-state index contributed by atoms with van der Waals surface area (Å²) in [7, 11) is -3.30. The van der Waals surface area contributed by atoms with Crippen LogP contribution in [0.25, 0.3) is 0 Å². The largest absolute Gasteiger partial charge is 0.350 e. The van der Waals surface area contributed by atoms with Crippen molar-refractivity contribution in [2.45, 2.75) is 65.0 Å². The summed E-state index contributed by atoms with van der Waals surface area (Å²) in [5.41, 5.74) is 2.20. The van der Waals surface area contributed by atoms with Crippen molar-refractivity contribution >= 4 is 21.6 Å². The Kier molecular flexibility index (Phi) is 5.91. The molecule has 1 aliphatic heterocycles. The molecule has 2 atom stereocenters. The Labute approximate surface area is 145 Å². The minimum Gasteiger partial charge on any atom is -0.350 e. The molecule has 1 aromatic carbocycles. The van der Waals surface area contributed by atoms with Crippen LogP contribution in [0.3, 0.4) is 0 Å². The molecule has 2 rings (SSSR count). The van der Waals surface area contributed by atoms with Crippen molar-refractivity contribution in [1.29, 1.82) is 0 Å².